The van der Waals surface area contributed by atoms with Crippen molar-refractivity contribution in [3.05, 3.63) is 35.5 Å². The number of alkyl halides is 3. The van der Waals surface area contributed by atoms with Gasteiger partial charge in [-0.3, -0.25) is 10.7 Å². The van der Waals surface area contributed by atoms with Crippen LogP contribution in [0.4, 0.5) is 24.7 Å². The average Bonchev–Trinajstić information content (AvgIpc) is 3.06. The standard InChI is InChI=1S/C13H16F3N7O4S/c14-13(15,16)8-4-1-2-5-9(8)20-12(21-24)10-11(23-27-22-10)18-6-3-7-19-28(17,25)26/h1-2,4-5,19,24H,3,6-7H2,(H,18,23)(H,20,21)(H2,17,25,26). The molecule has 1 heterocycles. The van der Waals surface area contributed by atoms with Gasteiger partial charge < -0.3 is 5.32 Å². The van der Waals surface area contributed by atoms with Gasteiger partial charge in [-0.05, 0) is 28.9 Å². The maximum Gasteiger partial charge on any atom is 0.418 e. The molecule has 2 rings (SSSR count). The highest BCUT2D eigenvalue weighted by Gasteiger charge is 2.33. The Morgan fingerprint density at radius 1 is 1.25 bits per heavy atom. The van der Waals surface area contributed by atoms with E-state index in [1.165, 1.54) is 12.1 Å². The molecule has 6 N–H and O–H groups in total. The topological polar surface area (TPSA) is 168 Å². The summed E-state index contributed by atoms with van der Waals surface area (Å²) in [7, 11) is -3.81. The van der Waals surface area contributed by atoms with E-state index in [1.54, 1.807) is 5.48 Å². The molecule has 0 fully saturated rings. The quantitative estimate of drug-likeness (QED) is 0.179. The van der Waals surface area contributed by atoms with E-state index in [2.05, 4.69) is 30.0 Å². The molecule has 0 aliphatic heterocycles. The van der Waals surface area contributed by atoms with Gasteiger partial charge in [0, 0.05) is 13.1 Å². The lowest BCUT2D eigenvalue weighted by molar-refractivity contribution is -0.137. The second-order valence-electron chi connectivity index (χ2n) is 5.27. The molecule has 154 valence electrons. The monoisotopic (exact) mass is 423 g/mol. The average molecular weight is 423 g/mol. The lowest BCUT2D eigenvalue weighted by Crippen LogP contribution is -2.32. The molecule has 2 aromatic rings. The van der Waals surface area contributed by atoms with Crippen molar-refractivity contribution >= 4 is 27.6 Å². The fraction of sp³-hybridized carbons (Fsp3) is 0.308. The van der Waals surface area contributed by atoms with Gasteiger partial charge in [-0.2, -0.15) is 21.6 Å². The predicted molar refractivity (Wildman–Crippen MR) is 91.1 cm³/mol. The number of nitrogens with one attached hydrogen (secondary N) is 3. The Morgan fingerprint density at radius 2 is 1.96 bits per heavy atom. The molecule has 0 unspecified atom stereocenters. The number of amidine groups is 1. The van der Waals surface area contributed by atoms with Gasteiger partial charge in [0.2, 0.25) is 5.82 Å². The summed E-state index contributed by atoms with van der Waals surface area (Å²) in [5, 5.41) is 23.8. The van der Waals surface area contributed by atoms with Crippen molar-refractivity contribution in [3.63, 3.8) is 0 Å². The minimum absolute atomic E-state index is 0.0274. The van der Waals surface area contributed by atoms with Crippen LogP contribution in [0.15, 0.2) is 33.9 Å². The van der Waals surface area contributed by atoms with Crippen LogP contribution in [0.25, 0.3) is 0 Å². The summed E-state index contributed by atoms with van der Waals surface area (Å²) in [6.07, 6.45) is -4.36. The third-order valence-corrected chi connectivity index (χ3v) is 3.82. The molecule has 0 aliphatic rings. The van der Waals surface area contributed by atoms with Crippen molar-refractivity contribution in [2.45, 2.75) is 12.6 Å². The van der Waals surface area contributed by atoms with Crippen molar-refractivity contribution < 1.29 is 31.4 Å². The van der Waals surface area contributed by atoms with E-state index in [0.717, 1.165) is 12.1 Å². The number of aromatic nitrogens is 2. The predicted octanol–water partition coefficient (Wildman–Crippen LogP) is 0.741. The highest BCUT2D eigenvalue weighted by atomic mass is 32.2. The van der Waals surface area contributed by atoms with E-state index in [4.69, 9.17) is 5.14 Å². The van der Waals surface area contributed by atoms with Gasteiger partial charge in [-0.15, -0.1) is 0 Å². The maximum absolute atomic E-state index is 13.1. The number of para-hydroxylation sites is 1. The molecule has 0 radical (unpaired) electrons. The van der Waals surface area contributed by atoms with Crippen LogP contribution in [0.2, 0.25) is 0 Å². The molecule has 0 bridgehead atoms. The fourth-order valence-corrected chi connectivity index (χ4v) is 2.46. The van der Waals surface area contributed by atoms with Gasteiger partial charge in [-0.1, -0.05) is 12.1 Å². The summed E-state index contributed by atoms with van der Waals surface area (Å²) in [4.78, 5) is 3.75. The van der Waals surface area contributed by atoms with Gasteiger partial charge in [0.25, 0.3) is 10.2 Å². The number of rotatable bonds is 8. The van der Waals surface area contributed by atoms with Crippen molar-refractivity contribution in [1.82, 2.24) is 20.5 Å². The Balaban J connectivity index is 2.16. The van der Waals surface area contributed by atoms with E-state index in [-0.39, 0.29) is 24.6 Å². The summed E-state index contributed by atoms with van der Waals surface area (Å²) < 4.78 is 67.3. The van der Waals surface area contributed by atoms with Gasteiger partial charge in [0.1, 0.15) is 0 Å². The number of anilines is 1. The first-order valence-electron chi connectivity index (χ1n) is 7.61. The van der Waals surface area contributed by atoms with Crippen LogP contribution in [0.3, 0.4) is 0 Å². The van der Waals surface area contributed by atoms with Crippen molar-refractivity contribution in [2.24, 2.45) is 10.1 Å². The summed E-state index contributed by atoms with van der Waals surface area (Å²) >= 11 is 0. The van der Waals surface area contributed by atoms with Gasteiger partial charge >= 0.3 is 6.18 Å². The van der Waals surface area contributed by atoms with Crippen molar-refractivity contribution in [2.75, 3.05) is 18.4 Å². The van der Waals surface area contributed by atoms with Gasteiger partial charge in [-0.25, -0.2) is 19.5 Å². The van der Waals surface area contributed by atoms with Crippen LogP contribution >= 0.6 is 0 Å². The number of hydrogen-bond acceptors (Lipinski definition) is 8. The van der Waals surface area contributed by atoms with E-state index in [9.17, 15) is 26.8 Å². The first kappa shape index (κ1) is 21.5. The molecule has 0 saturated carbocycles. The highest BCUT2D eigenvalue weighted by Crippen LogP contribution is 2.36. The Bertz CT molecular complexity index is 930. The lowest BCUT2D eigenvalue weighted by atomic mass is 10.2. The van der Waals surface area contributed by atoms with E-state index >= 15 is 0 Å². The SMILES string of the molecule is NS(=O)(=O)NCCCNc1nonc1C(=Nc1ccccc1C(F)(F)F)NO. The summed E-state index contributed by atoms with van der Waals surface area (Å²) in [6, 6.07) is 4.50. The molecule has 0 spiro atoms. The third-order valence-electron chi connectivity index (χ3n) is 3.21. The van der Waals surface area contributed by atoms with Crippen LogP contribution in [0.1, 0.15) is 17.7 Å². The summed E-state index contributed by atoms with van der Waals surface area (Å²) in [5.74, 6) is -0.469. The van der Waals surface area contributed by atoms with Crippen LogP contribution < -0.4 is 20.7 Å². The second-order valence-corrected chi connectivity index (χ2v) is 6.65. The Morgan fingerprint density at radius 3 is 2.61 bits per heavy atom. The van der Waals surface area contributed by atoms with Gasteiger partial charge in [0.15, 0.2) is 11.5 Å². The minimum Gasteiger partial charge on any atom is -0.365 e. The Hall–Kier alpha value is -2.75. The molecule has 0 atom stereocenters. The number of aliphatic imine (C=N–C) groups is 1. The molecule has 0 amide bonds. The first-order valence-corrected chi connectivity index (χ1v) is 9.15. The number of nitrogens with zero attached hydrogens (tertiary/aromatic N) is 3. The molecular formula is C13H16F3N7O4S. The normalized spacial score (nSPS) is 12.8. The van der Waals surface area contributed by atoms with E-state index < -0.39 is 33.5 Å². The zero-order valence-electron chi connectivity index (χ0n) is 14.1. The number of benzene rings is 1. The molecular weight excluding hydrogens is 407 g/mol. The molecule has 28 heavy (non-hydrogen) atoms. The minimum atomic E-state index is -4.65. The third kappa shape index (κ3) is 6.15. The number of nitrogens with two attached hydrogens (primary N) is 1. The molecule has 1 aromatic heterocycles. The molecule has 0 saturated heterocycles. The number of hydroxylamine groups is 1. The van der Waals surface area contributed by atoms with E-state index in [0.29, 0.717) is 6.42 Å². The zero-order chi connectivity index (χ0) is 20.8. The molecule has 1 aromatic carbocycles. The lowest BCUT2D eigenvalue weighted by Gasteiger charge is -2.10. The number of hydrogen-bond donors (Lipinski definition) is 5. The van der Waals surface area contributed by atoms with Crippen LogP contribution in [-0.4, -0.2) is 42.9 Å². The Kier molecular flexibility index (Phi) is 6.90. The number of halogens is 3. The van der Waals surface area contributed by atoms with Crippen LogP contribution in [0.5, 0.6) is 0 Å². The zero-order valence-corrected chi connectivity index (χ0v) is 14.9. The molecule has 11 nitrogen and oxygen atoms in total. The van der Waals surface area contributed by atoms with Gasteiger partial charge in [0.05, 0.1) is 11.3 Å². The van der Waals surface area contributed by atoms with Crippen LogP contribution in [0, 0.1) is 0 Å². The molecule has 15 heteroatoms. The van der Waals surface area contributed by atoms with E-state index in [1.807, 2.05) is 0 Å². The maximum atomic E-state index is 13.1. The second kappa shape index (κ2) is 8.96. The first-order chi connectivity index (χ1) is 13.1. The fourth-order valence-electron chi connectivity index (χ4n) is 2.03. The van der Waals surface area contributed by atoms with Crippen molar-refractivity contribution in [3.8, 4) is 0 Å². The molecule has 0 aliphatic carbocycles. The Labute approximate surface area is 156 Å². The smallest absolute Gasteiger partial charge is 0.365 e. The van der Waals surface area contributed by atoms with Crippen LogP contribution in [-0.2, 0) is 16.4 Å². The highest BCUT2D eigenvalue weighted by molar-refractivity contribution is 7.87. The van der Waals surface area contributed by atoms with Crippen molar-refractivity contribution in [1.29, 1.82) is 0 Å². The summed E-state index contributed by atoms with van der Waals surface area (Å²) in [5.41, 5.74) is 0.0122. The summed E-state index contributed by atoms with van der Waals surface area (Å²) in [6.45, 7) is 0.214. The largest absolute Gasteiger partial charge is 0.418 e.